The molecule has 0 spiro atoms. The number of nitrogens with two attached hydrogens (primary N) is 1. The lowest BCUT2D eigenvalue weighted by Gasteiger charge is -2.32. The number of methoxy groups -OCH3 is 1. The summed E-state index contributed by atoms with van der Waals surface area (Å²) in [6, 6.07) is 6.34. The molecule has 1 aromatic carbocycles. The minimum atomic E-state index is 0.448. The van der Waals surface area contributed by atoms with Gasteiger partial charge in [-0.15, -0.1) is 0 Å². The molecule has 1 aromatic rings. The van der Waals surface area contributed by atoms with Gasteiger partial charge < -0.3 is 15.2 Å². The van der Waals surface area contributed by atoms with Crippen molar-refractivity contribution in [3.05, 3.63) is 29.3 Å². The van der Waals surface area contributed by atoms with Gasteiger partial charge in [-0.3, -0.25) is 4.90 Å². The number of benzene rings is 1. The van der Waals surface area contributed by atoms with Gasteiger partial charge in [0.1, 0.15) is 5.75 Å². The van der Waals surface area contributed by atoms with E-state index in [-0.39, 0.29) is 0 Å². The van der Waals surface area contributed by atoms with Crippen molar-refractivity contribution >= 4 is 0 Å². The number of rotatable bonds is 4. The fourth-order valence-electron chi connectivity index (χ4n) is 3.14. The smallest absolute Gasteiger partial charge is 0.123 e. The number of fused-ring (bicyclic) bond motifs is 2. The van der Waals surface area contributed by atoms with Crippen molar-refractivity contribution < 1.29 is 9.47 Å². The minimum Gasteiger partial charge on any atom is -0.496 e. The van der Waals surface area contributed by atoms with Crippen LogP contribution < -0.4 is 10.5 Å². The van der Waals surface area contributed by atoms with E-state index in [1.807, 2.05) is 0 Å². The van der Waals surface area contributed by atoms with Crippen LogP contribution in [0.15, 0.2) is 18.2 Å². The molecule has 2 aliphatic heterocycles. The van der Waals surface area contributed by atoms with Crippen LogP contribution in [0.4, 0.5) is 0 Å². The number of likely N-dealkylation sites (tertiary alicyclic amines) is 1. The molecule has 4 heteroatoms. The average Bonchev–Trinajstić information content (AvgIpc) is 2.78. The van der Waals surface area contributed by atoms with Gasteiger partial charge >= 0.3 is 0 Å². The number of hydrogen-bond acceptors (Lipinski definition) is 4. The summed E-state index contributed by atoms with van der Waals surface area (Å²) < 4.78 is 11.3. The maximum absolute atomic E-state index is 5.86. The molecule has 0 aliphatic carbocycles. The highest BCUT2D eigenvalue weighted by atomic mass is 16.5. The maximum Gasteiger partial charge on any atom is 0.123 e. The van der Waals surface area contributed by atoms with E-state index in [0.717, 1.165) is 30.9 Å². The molecule has 2 aliphatic rings. The summed E-state index contributed by atoms with van der Waals surface area (Å²) in [7, 11) is 1.70. The number of morpholine rings is 1. The minimum absolute atomic E-state index is 0.448. The first-order valence-corrected chi connectivity index (χ1v) is 7.02. The summed E-state index contributed by atoms with van der Waals surface area (Å²) in [5.74, 6) is 0.899. The lowest BCUT2D eigenvalue weighted by Crippen LogP contribution is -2.41. The maximum atomic E-state index is 5.86. The monoisotopic (exact) mass is 262 g/mol. The Balaban J connectivity index is 1.69. The van der Waals surface area contributed by atoms with E-state index in [2.05, 4.69) is 23.1 Å². The number of ether oxygens (including phenoxy) is 2. The topological polar surface area (TPSA) is 47.7 Å². The molecule has 4 nitrogen and oxygen atoms in total. The molecule has 2 atom stereocenters. The molecule has 2 N–H and O–H groups in total. The average molecular weight is 262 g/mol. The summed E-state index contributed by atoms with van der Waals surface area (Å²) >= 11 is 0. The van der Waals surface area contributed by atoms with Gasteiger partial charge in [-0.1, -0.05) is 12.1 Å². The predicted molar refractivity (Wildman–Crippen MR) is 74.1 cm³/mol. The molecule has 0 amide bonds. The largest absolute Gasteiger partial charge is 0.496 e. The van der Waals surface area contributed by atoms with E-state index >= 15 is 0 Å². The summed E-state index contributed by atoms with van der Waals surface area (Å²) in [5, 5.41) is 0. The Morgan fingerprint density at radius 3 is 2.68 bits per heavy atom. The zero-order valence-electron chi connectivity index (χ0n) is 11.5. The van der Waals surface area contributed by atoms with Crippen molar-refractivity contribution in [2.75, 3.05) is 20.2 Å². The molecule has 0 radical (unpaired) electrons. The van der Waals surface area contributed by atoms with Crippen molar-refractivity contribution in [2.24, 2.45) is 5.73 Å². The lowest BCUT2D eigenvalue weighted by molar-refractivity contribution is -0.0410. The normalized spacial score (nSPS) is 26.6. The number of hydrogen-bond donors (Lipinski definition) is 1. The Morgan fingerprint density at radius 1 is 1.32 bits per heavy atom. The van der Waals surface area contributed by atoms with E-state index < -0.39 is 0 Å². The Hall–Kier alpha value is -1.10. The predicted octanol–water partition coefficient (Wildman–Crippen LogP) is 1.52. The quantitative estimate of drug-likeness (QED) is 0.893. The van der Waals surface area contributed by atoms with Crippen LogP contribution in [0.5, 0.6) is 5.75 Å². The molecule has 2 fully saturated rings. The summed E-state index contributed by atoms with van der Waals surface area (Å²) in [4.78, 5) is 2.49. The first-order chi connectivity index (χ1) is 9.28. The van der Waals surface area contributed by atoms with E-state index in [1.165, 1.54) is 18.4 Å². The SMILES string of the molecule is COc1cc(CN2CC3CCC(C2)O3)ccc1CN. The van der Waals surface area contributed by atoms with Crippen LogP contribution in [-0.2, 0) is 17.8 Å². The van der Waals surface area contributed by atoms with Gasteiger partial charge in [-0.25, -0.2) is 0 Å². The summed E-state index contributed by atoms with van der Waals surface area (Å²) in [6.07, 6.45) is 3.33. The van der Waals surface area contributed by atoms with Crippen molar-refractivity contribution in [1.82, 2.24) is 4.90 Å². The van der Waals surface area contributed by atoms with Crippen LogP contribution in [-0.4, -0.2) is 37.3 Å². The fourth-order valence-corrected chi connectivity index (χ4v) is 3.14. The molecule has 0 saturated carbocycles. The molecular weight excluding hydrogens is 240 g/mol. The van der Waals surface area contributed by atoms with Crippen LogP contribution in [0.1, 0.15) is 24.0 Å². The first-order valence-electron chi connectivity index (χ1n) is 7.02. The Bertz CT molecular complexity index is 438. The second-order valence-corrected chi connectivity index (χ2v) is 5.50. The van der Waals surface area contributed by atoms with Crippen LogP contribution in [0.2, 0.25) is 0 Å². The third-order valence-electron chi connectivity index (χ3n) is 4.10. The first kappa shape index (κ1) is 12.9. The van der Waals surface area contributed by atoms with E-state index in [0.29, 0.717) is 18.8 Å². The van der Waals surface area contributed by atoms with Crippen molar-refractivity contribution in [3.63, 3.8) is 0 Å². The van der Waals surface area contributed by atoms with Crippen molar-refractivity contribution in [2.45, 2.75) is 38.1 Å². The molecule has 2 heterocycles. The van der Waals surface area contributed by atoms with Crippen LogP contribution in [0.25, 0.3) is 0 Å². The molecule has 3 rings (SSSR count). The Kier molecular flexibility index (Phi) is 3.73. The third kappa shape index (κ3) is 2.76. The van der Waals surface area contributed by atoms with E-state index in [1.54, 1.807) is 7.11 Å². The van der Waals surface area contributed by atoms with Gasteiger partial charge in [0.15, 0.2) is 0 Å². The van der Waals surface area contributed by atoms with Gasteiger partial charge in [-0.2, -0.15) is 0 Å². The highest BCUT2D eigenvalue weighted by molar-refractivity contribution is 5.37. The van der Waals surface area contributed by atoms with Gasteiger partial charge in [0.25, 0.3) is 0 Å². The molecule has 19 heavy (non-hydrogen) atoms. The molecule has 0 aromatic heterocycles. The highest BCUT2D eigenvalue weighted by Gasteiger charge is 2.33. The third-order valence-corrected chi connectivity index (χ3v) is 4.10. The zero-order valence-corrected chi connectivity index (χ0v) is 11.5. The van der Waals surface area contributed by atoms with Gasteiger partial charge in [0.05, 0.1) is 19.3 Å². The van der Waals surface area contributed by atoms with Crippen LogP contribution in [0.3, 0.4) is 0 Å². The fraction of sp³-hybridized carbons (Fsp3) is 0.600. The van der Waals surface area contributed by atoms with Gasteiger partial charge in [0.2, 0.25) is 0 Å². The number of nitrogens with zero attached hydrogens (tertiary/aromatic N) is 1. The molecule has 104 valence electrons. The Morgan fingerprint density at radius 2 is 2.05 bits per heavy atom. The van der Waals surface area contributed by atoms with E-state index in [9.17, 15) is 0 Å². The molecule has 2 saturated heterocycles. The molecular formula is C15H22N2O2. The van der Waals surface area contributed by atoms with Gasteiger partial charge in [-0.05, 0) is 24.5 Å². The zero-order chi connectivity index (χ0) is 13.2. The second-order valence-electron chi connectivity index (χ2n) is 5.50. The van der Waals surface area contributed by atoms with Crippen molar-refractivity contribution in [3.8, 4) is 5.75 Å². The molecule has 2 unspecified atom stereocenters. The Labute approximate surface area is 114 Å². The lowest BCUT2D eigenvalue weighted by atomic mass is 10.1. The summed E-state index contributed by atoms with van der Waals surface area (Å²) in [5.41, 5.74) is 8.05. The van der Waals surface area contributed by atoms with Crippen molar-refractivity contribution in [1.29, 1.82) is 0 Å². The molecule has 2 bridgehead atoms. The highest BCUT2D eigenvalue weighted by Crippen LogP contribution is 2.28. The summed E-state index contributed by atoms with van der Waals surface area (Å²) in [6.45, 7) is 3.59. The van der Waals surface area contributed by atoms with Gasteiger partial charge in [0, 0.05) is 31.7 Å². The van der Waals surface area contributed by atoms with Crippen LogP contribution >= 0.6 is 0 Å². The van der Waals surface area contributed by atoms with Crippen LogP contribution in [0, 0.1) is 0 Å². The standard InChI is InChI=1S/C15H22N2O2/c1-18-15-6-11(2-3-12(15)7-16)8-17-9-13-4-5-14(10-17)19-13/h2-3,6,13-14H,4-5,7-10,16H2,1H3. The van der Waals surface area contributed by atoms with E-state index in [4.69, 9.17) is 15.2 Å². The second kappa shape index (κ2) is 5.49.